The number of carbonyl (C=O) groups excluding carboxylic acids is 2. The van der Waals surface area contributed by atoms with E-state index in [0.717, 1.165) is 51.4 Å². The van der Waals surface area contributed by atoms with Gasteiger partial charge in [-0.3, -0.25) is 9.59 Å². The molecular weight excluding hydrogens is 1140 g/mol. The Labute approximate surface area is 582 Å². The number of nitrogens with one attached hydrogen (secondary N) is 1. The van der Waals surface area contributed by atoms with Gasteiger partial charge in [0.15, 0.2) is 0 Å². The minimum atomic E-state index is -0.845. The van der Waals surface area contributed by atoms with Gasteiger partial charge in [-0.1, -0.05) is 416 Å². The lowest BCUT2D eigenvalue weighted by molar-refractivity contribution is -0.143. The van der Waals surface area contributed by atoms with Crippen LogP contribution < -0.4 is 5.32 Å². The molecule has 0 bridgehead atoms. The topological polar surface area (TPSA) is 95.9 Å². The minimum absolute atomic E-state index is 0.0139. The lowest BCUT2D eigenvalue weighted by Gasteiger charge is -2.20. The van der Waals surface area contributed by atoms with Gasteiger partial charge in [0.2, 0.25) is 5.91 Å². The van der Waals surface area contributed by atoms with Gasteiger partial charge < -0.3 is 20.3 Å². The number of aliphatic hydroxyl groups is 2. The lowest BCUT2D eigenvalue weighted by Crippen LogP contribution is -2.45. The first kappa shape index (κ1) is 90.8. The molecule has 2 atom stereocenters. The first-order valence-corrected chi connectivity index (χ1v) is 42.4. The Kier molecular flexibility index (Phi) is 80.3. The predicted molar refractivity (Wildman–Crippen MR) is 412 cm³/mol. The third kappa shape index (κ3) is 78.7. The average molecular weight is 1310 g/mol. The van der Waals surface area contributed by atoms with Crippen molar-refractivity contribution in [2.24, 2.45) is 0 Å². The van der Waals surface area contributed by atoms with Crippen molar-refractivity contribution < 1.29 is 24.5 Å². The molecule has 0 spiro atoms. The Balaban J connectivity index is 3.39. The van der Waals surface area contributed by atoms with Crippen molar-refractivity contribution in [1.29, 1.82) is 0 Å². The highest BCUT2D eigenvalue weighted by Crippen LogP contribution is 2.20. The van der Waals surface area contributed by atoms with Crippen LogP contribution in [0.1, 0.15) is 470 Å². The molecule has 0 aliphatic rings. The Hall–Kier alpha value is -2.18. The highest BCUT2D eigenvalue weighted by atomic mass is 16.5. The zero-order valence-corrected chi connectivity index (χ0v) is 63.0. The van der Waals surface area contributed by atoms with Crippen LogP contribution in [0.25, 0.3) is 0 Å². The summed E-state index contributed by atoms with van der Waals surface area (Å²) in [5.41, 5.74) is 0. The average Bonchev–Trinajstić information content (AvgIpc) is 3.78. The number of rotatable bonds is 80. The van der Waals surface area contributed by atoms with Crippen molar-refractivity contribution in [3.8, 4) is 0 Å². The Morgan fingerprint density at radius 2 is 0.538 bits per heavy atom. The summed E-state index contributed by atoms with van der Waals surface area (Å²) in [6.45, 7) is 4.95. The smallest absolute Gasteiger partial charge is 0.305 e. The molecule has 0 fully saturated rings. The number of carbonyl (C=O) groups is 2. The SMILES string of the molecule is CCCCCCCC/C=C\CCCCCCCCCC(=O)OCCCCCCCCCCCCC/C=C\C/C=C\CCCCCCCCCCCCCCCCCCCC(=O)NC(CO)C(O)/C=C/CCCCCCCCCCCCCCCCCCCCCCCC. The number of unbranched alkanes of at least 4 members (excludes halogenated alkanes) is 63. The number of esters is 1. The second-order valence-electron chi connectivity index (χ2n) is 29.2. The molecular formula is C87H165NO5. The van der Waals surface area contributed by atoms with E-state index >= 15 is 0 Å². The van der Waals surface area contributed by atoms with Crippen LogP contribution in [0, 0.1) is 0 Å². The van der Waals surface area contributed by atoms with Gasteiger partial charge in [-0.15, -0.1) is 0 Å². The molecule has 0 saturated heterocycles. The summed E-state index contributed by atoms with van der Waals surface area (Å²) in [4.78, 5) is 24.7. The second-order valence-corrected chi connectivity index (χ2v) is 29.2. The normalized spacial score (nSPS) is 12.7. The molecule has 0 rings (SSSR count). The first-order chi connectivity index (χ1) is 46.0. The zero-order chi connectivity index (χ0) is 67.0. The fourth-order valence-electron chi connectivity index (χ4n) is 13.4. The van der Waals surface area contributed by atoms with Crippen molar-refractivity contribution in [1.82, 2.24) is 5.32 Å². The lowest BCUT2D eigenvalue weighted by atomic mass is 10.0. The summed E-state index contributed by atoms with van der Waals surface area (Å²) in [7, 11) is 0. The van der Waals surface area contributed by atoms with Crippen LogP contribution in [0.4, 0.5) is 0 Å². The van der Waals surface area contributed by atoms with Gasteiger partial charge in [-0.2, -0.15) is 0 Å². The predicted octanol–water partition coefficient (Wildman–Crippen LogP) is 28.3. The fraction of sp³-hybridized carbons (Fsp3) is 0.885. The van der Waals surface area contributed by atoms with Crippen LogP contribution in [0.3, 0.4) is 0 Å². The van der Waals surface area contributed by atoms with Crippen LogP contribution >= 0.6 is 0 Å². The van der Waals surface area contributed by atoms with Crippen molar-refractivity contribution in [3.63, 3.8) is 0 Å². The van der Waals surface area contributed by atoms with E-state index in [2.05, 4.69) is 55.6 Å². The van der Waals surface area contributed by atoms with E-state index in [1.807, 2.05) is 6.08 Å². The minimum Gasteiger partial charge on any atom is -0.466 e. The number of aliphatic hydroxyl groups excluding tert-OH is 2. The Bertz CT molecular complexity index is 1550. The summed E-state index contributed by atoms with van der Waals surface area (Å²) in [5.74, 6) is -0.0467. The third-order valence-electron chi connectivity index (χ3n) is 19.8. The molecule has 0 aromatic heterocycles. The van der Waals surface area contributed by atoms with Crippen LogP contribution in [0.5, 0.6) is 0 Å². The highest BCUT2D eigenvalue weighted by Gasteiger charge is 2.18. The van der Waals surface area contributed by atoms with Gasteiger partial charge in [-0.25, -0.2) is 0 Å². The number of ether oxygens (including phenoxy) is 1. The maximum atomic E-state index is 12.6. The summed E-state index contributed by atoms with van der Waals surface area (Å²) >= 11 is 0. The number of hydrogen-bond acceptors (Lipinski definition) is 5. The van der Waals surface area contributed by atoms with Crippen LogP contribution in [-0.2, 0) is 14.3 Å². The molecule has 0 aliphatic heterocycles. The van der Waals surface area contributed by atoms with Gasteiger partial charge in [0.05, 0.1) is 25.4 Å². The molecule has 6 heteroatoms. The summed E-state index contributed by atoms with van der Waals surface area (Å²) in [5, 5.41) is 23.3. The van der Waals surface area contributed by atoms with Crippen molar-refractivity contribution in [3.05, 3.63) is 48.6 Å². The van der Waals surface area contributed by atoms with E-state index in [1.165, 1.54) is 392 Å². The van der Waals surface area contributed by atoms with Gasteiger partial charge in [0.1, 0.15) is 0 Å². The maximum absolute atomic E-state index is 12.6. The third-order valence-corrected chi connectivity index (χ3v) is 19.8. The molecule has 548 valence electrons. The van der Waals surface area contributed by atoms with Crippen molar-refractivity contribution in [2.45, 2.75) is 482 Å². The van der Waals surface area contributed by atoms with Crippen molar-refractivity contribution in [2.75, 3.05) is 13.2 Å². The maximum Gasteiger partial charge on any atom is 0.305 e. The van der Waals surface area contributed by atoms with E-state index in [4.69, 9.17) is 4.74 Å². The molecule has 2 unspecified atom stereocenters. The fourth-order valence-corrected chi connectivity index (χ4v) is 13.4. The molecule has 1 amide bonds. The standard InChI is InChI=1S/C87H165NO5/c1-3-5-7-9-11-13-15-17-19-21-22-23-24-38-41-44-48-51-55-59-63-67-71-75-79-85(90)84(83-89)88-86(91)80-76-72-68-64-60-56-52-49-45-42-39-36-34-32-30-28-26-25-27-29-31-33-35-37-40-43-46-50-54-58-62-66-70-74-78-82-93-87(92)81-77-73-69-65-61-57-53-47-20-18-16-14-12-10-8-6-4-2/h18,20,27,29,33,35,75,79,84-85,89-90H,3-17,19,21-26,28,30-32,34,36-74,76-78,80-83H2,1-2H3,(H,88,91)/b20-18-,29-27-,35-33-,79-75+. The molecule has 0 aromatic carbocycles. The van der Waals surface area contributed by atoms with Crippen LogP contribution in [0.2, 0.25) is 0 Å². The molecule has 0 aromatic rings. The largest absolute Gasteiger partial charge is 0.466 e. The van der Waals surface area contributed by atoms with E-state index < -0.39 is 12.1 Å². The van der Waals surface area contributed by atoms with E-state index in [0.29, 0.717) is 19.4 Å². The molecule has 6 nitrogen and oxygen atoms in total. The molecule has 0 heterocycles. The molecule has 0 aliphatic carbocycles. The Morgan fingerprint density at radius 1 is 0.301 bits per heavy atom. The van der Waals surface area contributed by atoms with E-state index in [-0.39, 0.29) is 18.5 Å². The van der Waals surface area contributed by atoms with Gasteiger partial charge >= 0.3 is 5.97 Å². The van der Waals surface area contributed by atoms with Crippen LogP contribution in [0.15, 0.2) is 48.6 Å². The highest BCUT2D eigenvalue weighted by molar-refractivity contribution is 5.76. The van der Waals surface area contributed by atoms with Crippen molar-refractivity contribution >= 4 is 11.9 Å². The number of amides is 1. The molecule has 93 heavy (non-hydrogen) atoms. The van der Waals surface area contributed by atoms with E-state index in [1.54, 1.807) is 6.08 Å². The second kappa shape index (κ2) is 82.2. The molecule has 0 radical (unpaired) electrons. The van der Waals surface area contributed by atoms with E-state index in [9.17, 15) is 19.8 Å². The number of allylic oxidation sites excluding steroid dienone is 7. The van der Waals surface area contributed by atoms with Gasteiger partial charge in [0, 0.05) is 12.8 Å². The monoisotopic (exact) mass is 1300 g/mol. The summed E-state index contributed by atoms with van der Waals surface area (Å²) in [6, 6.07) is -0.628. The summed E-state index contributed by atoms with van der Waals surface area (Å²) < 4.78 is 5.51. The Morgan fingerprint density at radius 3 is 0.828 bits per heavy atom. The van der Waals surface area contributed by atoms with Crippen LogP contribution in [-0.4, -0.2) is 47.4 Å². The quantitative estimate of drug-likeness (QED) is 0.0320. The zero-order valence-electron chi connectivity index (χ0n) is 63.0. The molecule has 3 N–H and O–H groups in total. The molecule has 0 saturated carbocycles. The van der Waals surface area contributed by atoms with Gasteiger partial charge in [0.25, 0.3) is 0 Å². The summed E-state index contributed by atoms with van der Waals surface area (Å²) in [6.07, 6.45) is 110. The first-order valence-electron chi connectivity index (χ1n) is 42.4. The number of hydrogen-bond donors (Lipinski definition) is 3. The van der Waals surface area contributed by atoms with Gasteiger partial charge in [-0.05, 0) is 89.9 Å².